The average molecular weight is 315 g/mol. The summed E-state index contributed by atoms with van der Waals surface area (Å²) in [5.41, 5.74) is 3.83. The highest BCUT2D eigenvalue weighted by atomic mass is 35.5. The number of fused-ring (bicyclic) bond motifs is 3. The Hall–Kier alpha value is -2.34. The van der Waals surface area contributed by atoms with Gasteiger partial charge in [0.15, 0.2) is 5.84 Å². The number of aliphatic imine (C=N–C) groups is 1. The van der Waals surface area contributed by atoms with E-state index in [9.17, 15) is 0 Å². The predicted octanol–water partition coefficient (Wildman–Crippen LogP) is 1.50. The molecule has 2 aliphatic heterocycles. The van der Waals surface area contributed by atoms with Gasteiger partial charge in [0.1, 0.15) is 17.0 Å². The van der Waals surface area contributed by atoms with Gasteiger partial charge in [-0.2, -0.15) is 0 Å². The van der Waals surface area contributed by atoms with Crippen LogP contribution in [0.15, 0.2) is 35.6 Å². The number of nitrogens with one attached hydrogen (secondary N) is 2. The summed E-state index contributed by atoms with van der Waals surface area (Å²) in [7, 11) is 3.87. The minimum atomic E-state index is -0.0545. The molecule has 112 valence electrons. The van der Waals surface area contributed by atoms with E-state index in [0.29, 0.717) is 5.15 Å². The van der Waals surface area contributed by atoms with E-state index in [-0.39, 0.29) is 12.1 Å². The number of hydrogen-bond donors (Lipinski definition) is 2. The first kappa shape index (κ1) is 13.3. The van der Waals surface area contributed by atoms with Gasteiger partial charge in [0.25, 0.3) is 0 Å². The van der Waals surface area contributed by atoms with Crippen molar-refractivity contribution in [3.63, 3.8) is 0 Å². The van der Waals surface area contributed by atoms with Crippen LogP contribution in [-0.4, -0.2) is 33.6 Å². The molecule has 0 radical (unpaired) electrons. The molecule has 0 spiro atoms. The molecule has 0 amide bonds. The van der Waals surface area contributed by atoms with Gasteiger partial charge >= 0.3 is 0 Å². The predicted molar refractivity (Wildman–Crippen MR) is 85.7 cm³/mol. The van der Waals surface area contributed by atoms with Gasteiger partial charge in [-0.1, -0.05) is 17.7 Å². The summed E-state index contributed by atoms with van der Waals surface area (Å²) in [4.78, 5) is 13.5. The number of imidazole rings is 1. The summed E-state index contributed by atoms with van der Waals surface area (Å²) in [6.45, 7) is 0. The van der Waals surface area contributed by atoms with Crippen molar-refractivity contribution in [2.75, 3.05) is 7.05 Å². The molecule has 22 heavy (non-hydrogen) atoms. The van der Waals surface area contributed by atoms with Crippen LogP contribution in [0.4, 0.5) is 0 Å². The van der Waals surface area contributed by atoms with Gasteiger partial charge in [-0.15, -0.1) is 0 Å². The van der Waals surface area contributed by atoms with E-state index < -0.39 is 0 Å². The van der Waals surface area contributed by atoms with E-state index in [4.69, 9.17) is 16.6 Å². The third-order valence-corrected chi connectivity index (χ3v) is 4.22. The molecule has 2 aromatic rings. The lowest BCUT2D eigenvalue weighted by Gasteiger charge is -2.24. The highest BCUT2D eigenvalue weighted by Crippen LogP contribution is 2.36. The van der Waals surface area contributed by atoms with E-state index in [1.165, 1.54) is 0 Å². The van der Waals surface area contributed by atoms with E-state index in [0.717, 1.165) is 28.6 Å². The molecule has 7 heteroatoms. The van der Waals surface area contributed by atoms with Crippen molar-refractivity contribution in [3.8, 4) is 0 Å². The standard InChI is InChI=1S/C15H15ClN6/c1-17-15-12-13(22(2)7-18-12)8-6-10(20-14(8)21-15)9-4-3-5-11(16)19-9/h3-8,14,20H,1-2H3,(H,17,21). The summed E-state index contributed by atoms with van der Waals surface area (Å²) >= 11 is 5.99. The van der Waals surface area contributed by atoms with Crippen molar-refractivity contribution in [3.05, 3.63) is 52.8 Å². The van der Waals surface area contributed by atoms with Crippen LogP contribution in [0.5, 0.6) is 0 Å². The Morgan fingerprint density at radius 3 is 3.00 bits per heavy atom. The van der Waals surface area contributed by atoms with Crippen molar-refractivity contribution in [2.45, 2.75) is 12.1 Å². The molecule has 2 aromatic heterocycles. The van der Waals surface area contributed by atoms with Crippen molar-refractivity contribution < 1.29 is 0 Å². The van der Waals surface area contributed by atoms with E-state index >= 15 is 0 Å². The molecule has 2 atom stereocenters. The smallest absolute Gasteiger partial charge is 0.151 e. The van der Waals surface area contributed by atoms with Gasteiger partial charge in [-0.25, -0.2) is 15.0 Å². The molecule has 2 N–H and O–H groups in total. The lowest BCUT2D eigenvalue weighted by molar-refractivity contribution is 0.563. The second-order valence-corrected chi connectivity index (χ2v) is 5.75. The Balaban J connectivity index is 1.79. The SMILES string of the molecule is CNC1=NC2NC(c3cccc(Cl)n3)=CC2c2c1ncn2C. The Morgan fingerprint density at radius 2 is 2.23 bits per heavy atom. The Labute approximate surface area is 132 Å². The molecular formula is C15H15ClN6. The fourth-order valence-corrected chi connectivity index (χ4v) is 3.19. The van der Waals surface area contributed by atoms with Crippen LogP contribution in [0, 0.1) is 0 Å². The number of hydrogen-bond acceptors (Lipinski definition) is 5. The molecule has 0 saturated carbocycles. The molecule has 0 aromatic carbocycles. The third kappa shape index (κ3) is 1.91. The van der Waals surface area contributed by atoms with Gasteiger partial charge in [0, 0.05) is 14.1 Å². The molecule has 0 aliphatic carbocycles. The van der Waals surface area contributed by atoms with Gasteiger partial charge in [0.05, 0.1) is 29.3 Å². The second kappa shape index (κ2) is 4.84. The van der Waals surface area contributed by atoms with Crippen LogP contribution in [0.3, 0.4) is 0 Å². The average Bonchev–Trinajstić information content (AvgIpc) is 3.10. The van der Waals surface area contributed by atoms with E-state index in [1.807, 2.05) is 37.1 Å². The summed E-state index contributed by atoms with van der Waals surface area (Å²) in [6.07, 6.45) is 3.92. The minimum Gasteiger partial charge on any atom is -0.372 e. The molecule has 0 saturated heterocycles. The van der Waals surface area contributed by atoms with Gasteiger partial charge in [-0.05, 0) is 18.2 Å². The normalized spacial score (nSPS) is 22.3. The molecular weight excluding hydrogens is 300 g/mol. The fourth-order valence-electron chi connectivity index (χ4n) is 3.02. The number of rotatable bonds is 1. The zero-order valence-corrected chi connectivity index (χ0v) is 13.0. The first-order chi connectivity index (χ1) is 10.7. The lowest BCUT2D eigenvalue weighted by atomic mass is 9.98. The molecule has 2 aliphatic rings. The second-order valence-electron chi connectivity index (χ2n) is 5.36. The summed E-state index contributed by atoms with van der Waals surface area (Å²) in [6, 6.07) is 5.60. The number of pyridine rings is 1. The molecule has 2 unspecified atom stereocenters. The maximum Gasteiger partial charge on any atom is 0.151 e. The monoisotopic (exact) mass is 314 g/mol. The number of amidine groups is 1. The Morgan fingerprint density at radius 1 is 1.36 bits per heavy atom. The highest BCUT2D eigenvalue weighted by Gasteiger charge is 2.37. The summed E-state index contributed by atoms with van der Waals surface area (Å²) < 4.78 is 2.05. The van der Waals surface area contributed by atoms with Crippen molar-refractivity contribution in [2.24, 2.45) is 12.0 Å². The molecule has 6 nitrogen and oxygen atoms in total. The van der Waals surface area contributed by atoms with Crippen molar-refractivity contribution in [1.29, 1.82) is 0 Å². The number of aryl methyl sites for hydroxylation is 1. The topological polar surface area (TPSA) is 67.1 Å². The van der Waals surface area contributed by atoms with Crippen LogP contribution in [0.1, 0.15) is 23.0 Å². The Kier molecular flexibility index (Phi) is 2.94. The summed E-state index contributed by atoms with van der Waals surface area (Å²) in [5, 5.41) is 7.04. The Bertz CT molecular complexity index is 806. The highest BCUT2D eigenvalue weighted by molar-refractivity contribution is 6.29. The first-order valence-electron chi connectivity index (χ1n) is 7.06. The van der Waals surface area contributed by atoms with Gasteiger partial charge < -0.3 is 15.2 Å². The third-order valence-electron chi connectivity index (χ3n) is 4.01. The molecule has 0 bridgehead atoms. The molecule has 4 heterocycles. The molecule has 0 fully saturated rings. The number of aromatic nitrogens is 3. The first-order valence-corrected chi connectivity index (χ1v) is 7.43. The quantitative estimate of drug-likeness (QED) is 0.783. The fraction of sp³-hybridized carbons (Fsp3) is 0.267. The van der Waals surface area contributed by atoms with E-state index in [1.54, 1.807) is 6.07 Å². The molecule has 4 rings (SSSR count). The van der Waals surface area contributed by atoms with Crippen LogP contribution >= 0.6 is 11.6 Å². The van der Waals surface area contributed by atoms with Crippen LogP contribution in [0.2, 0.25) is 5.15 Å². The largest absolute Gasteiger partial charge is 0.372 e. The number of nitrogens with zero attached hydrogens (tertiary/aromatic N) is 4. The van der Waals surface area contributed by atoms with Crippen LogP contribution < -0.4 is 10.6 Å². The van der Waals surface area contributed by atoms with Crippen LogP contribution in [-0.2, 0) is 7.05 Å². The zero-order chi connectivity index (χ0) is 15.3. The zero-order valence-electron chi connectivity index (χ0n) is 12.2. The van der Waals surface area contributed by atoms with Crippen molar-refractivity contribution in [1.82, 2.24) is 25.2 Å². The van der Waals surface area contributed by atoms with Gasteiger partial charge in [-0.3, -0.25) is 0 Å². The van der Waals surface area contributed by atoms with Crippen LogP contribution in [0.25, 0.3) is 5.70 Å². The summed E-state index contributed by atoms with van der Waals surface area (Å²) in [5.74, 6) is 0.938. The maximum absolute atomic E-state index is 5.99. The maximum atomic E-state index is 5.99. The van der Waals surface area contributed by atoms with Crippen molar-refractivity contribution >= 4 is 23.1 Å². The lowest BCUT2D eigenvalue weighted by Crippen LogP contribution is -2.36. The number of halogens is 1. The van der Waals surface area contributed by atoms with Gasteiger partial charge in [0.2, 0.25) is 0 Å². The van der Waals surface area contributed by atoms with E-state index in [2.05, 4.69) is 26.7 Å². The minimum absolute atomic E-state index is 0.0545.